The number of furan rings is 1. The molecule has 1 saturated heterocycles. The van der Waals surface area contributed by atoms with E-state index in [1.807, 2.05) is 24.3 Å². The molecule has 6 nitrogen and oxygen atoms in total. The van der Waals surface area contributed by atoms with Crippen LogP contribution in [0.2, 0.25) is 0 Å². The highest BCUT2D eigenvalue weighted by molar-refractivity contribution is 5.93. The van der Waals surface area contributed by atoms with Gasteiger partial charge in [-0.15, -0.1) is 0 Å². The van der Waals surface area contributed by atoms with E-state index in [0.29, 0.717) is 38.3 Å². The van der Waals surface area contributed by atoms with Crippen LogP contribution >= 0.6 is 0 Å². The molecule has 1 amide bonds. The summed E-state index contributed by atoms with van der Waals surface area (Å²) in [7, 11) is 0. The van der Waals surface area contributed by atoms with Gasteiger partial charge in [0.05, 0.1) is 24.4 Å². The van der Waals surface area contributed by atoms with Gasteiger partial charge in [0.2, 0.25) is 5.91 Å². The second-order valence-electron chi connectivity index (χ2n) is 7.92. The van der Waals surface area contributed by atoms with Gasteiger partial charge in [0.15, 0.2) is 0 Å². The number of nitrogens with zero attached hydrogens (tertiary/aromatic N) is 2. The molecule has 1 unspecified atom stereocenters. The van der Waals surface area contributed by atoms with Crippen LogP contribution in [0, 0.1) is 5.92 Å². The predicted molar refractivity (Wildman–Crippen MR) is 116 cm³/mol. The Bertz CT molecular complexity index is 1070. The first-order valence-electron chi connectivity index (χ1n) is 10.7. The van der Waals surface area contributed by atoms with Gasteiger partial charge in [-0.25, -0.2) is 4.98 Å². The minimum atomic E-state index is -4.50. The Morgan fingerprint density at radius 3 is 2.85 bits per heavy atom. The van der Waals surface area contributed by atoms with Crippen molar-refractivity contribution in [2.75, 3.05) is 23.3 Å². The molecule has 33 heavy (non-hydrogen) atoms. The number of nitrogens with one attached hydrogen (secondary N) is 1. The van der Waals surface area contributed by atoms with Crippen molar-refractivity contribution in [2.45, 2.75) is 32.2 Å². The van der Waals surface area contributed by atoms with E-state index in [9.17, 15) is 18.0 Å². The van der Waals surface area contributed by atoms with Crippen LogP contribution in [0.1, 0.15) is 29.7 Å². The van der Waals surface area contributed by atoms with E-state index < -0.39 is 17.7 Å². The summed E-state index contributed by atoms with van der Waals surface area (Å²) in [5.41, 5.74) is 0.714. The second kappa shape index (κ2) is 10.1. The van der Waals surface area contributed by atoms with Crippen molar-refractivity contribution in [3.63, 3.8) is 0 Å². The summed E-state index contributed by atoms with van der Waals surface area (Å²) in [5, 5.41) is 2.89. The fourth-order valence-electron chi connectivity index (χ4n) is 3.90. The van der Waals surface area contributed by atoms with Gasteiger partial charge in [-0.3, -0.25) is 4.79 Å². The van der Waals surface area contributed by atoms with Gasteiger partial charge in [0, 0.05) is 25.0 Å². The van der Waals surface area contributed by atoms with Crippen LogP contribution in [0.3, 0.4) is 0 Å². The van der Waals surface area contributed by atoms with Crippen LogP contribution in [0.25, 0.3) is 0 Å². The molecule has 0 aliphatic carbocycles. The number of rotatable bonds is 7. The van der Waals surface area contributed by atoms with Crippen molar-refractivity contribution in [3.05, 3.63) is 77.9 Å². The molecule has 1 aliphatic heterocycles. The number of hydrogen-bond acceptors (Lipinski definition) is 5. The molecule has 0 radical (unpaired) electrons. The lowest BCUT2D eigenvalue weighted by Crippen LogP contribution is -2.42. The first-order valence-corrected chi connectivity index (χ1v) is 10.7. The van der Waals surface area contributed by atoms with Gasteiger partial charge in [0.25, 0.3) is 0 Å². The van der Waals surface area contributed by atoms with Crippen LogP contribution in [0.4, 0.5) is 24.7 Å². The van der Waals surface area contributed by atoms with E-state index in [1.165, 1.54) is 12.3 Å². The third kappa shape index (κ3) is 5.92. The fraction of sp³-hybridized carbons (Fsp3) is 0.333. The molecule has 9 heteroatoms. The van der Waals surface area contributed by atoms with E-state index in [4.69, 9.17) is 9.15 Å². The summed E-state index contributed by atoms with van der Waals surface area (Å²) in [6.07, 6.45) is -0.375. The zero-order valence-electron chi connectivity index (χ0n) is 17.8. The van der Waals surface area contributed by atoms with Gasteiger partial charge in [-0.2, -0.15) is 13.2 Å². The number of hydrogen-bond donors (Lipinski definition) is 1. The van der Waals surface area contributed by atoms with E-state index in [0.717, 1.165) is 17.4 Å². The average Bonchev–Trinajstić information content (AvgIpc) is 3.32. The molecule has 0 bridgehead atoms. The number of ether oxygens (including phenoxy) is 1. The Morgan fingerprint density at radius 2 is 2.06 bits per heavy atom. The zero-order chi connectivity index (χ0) is 23.3. The highest BCUT2D eigenvalue weighted by Crippen LogP contribution is 2.36. The Morgan fingerprint density at radius 1 is 1.18 bits per heavy atom. The molecule has 1 aliphatic rings. The number of carbonyl (C=O) groups excluding carboxylic acids is 1. The van der Waals surface area contributed by atoms with Gasteiger partial charge in [-0.05, 0) is 54.8 Å². The number of amides is 1. The number of alkyl halides is 3. The van der Waals surface area contributed by atoms with Crippen LogP contribution < -0.4 is 10.2 Å². The standard InChI is InChI=1S/C24H24F3N3O3/c25-24(26,27)21-9-2-10-28-22(21)30-11-3-6-18(14-30)23(31)29-19-7-1-5-17(13-19)15-32-16-20-8-4-12-33-20/h1-2,4-5,7-10,12-13,18H,3,6,11,14-16H2,(H,29,31). The van der Waals surface area contributed by atoms with Crippen LogP contribution in [-0.2, 0) is 28.9 Å². The number of pyridine rings is 1. The monoisotopic (exact) mass is 459 g/mol. The number of carbonyl (C=O) groups is 1. The summed E-state index contributed by atoms with van der Waals surface area (Å²) in [4.78, 5) is 18.4. The maximum Gasteiger partial charge on any atom is 0.419 e. The Labute approximate surface area is 189 Å². The van der Waals surface area contributed by atoms with Gasteiger partial charge < -0.3 is 19.4 Å². The SMILES string of the molecule is O=C(Nc1cccc(COCc2ccco2)c1)C1CCCN(c2ncccc2C(F)(F)F)C1. The summed E-state index contributed by atoms with van der Waals surface area (Å²) >= 11 is 0. The van der Waals surface area contributed by atoms with Crippen LogP contribution in [-0.4, -0.2) is 24.0 Å². The molecule has 3 heterocycles. The third-order valence-corrected chi connectivity index (χ3v) is 5.47. The first kappa shape index (κ1) is 22.8. The fourth-order valence-corrected chi connectivity index (χ4v) is 3.90. The summed E-state index contributed by atoms with van der Waals surface area (Å²) in [6.45, 7) is 1.29. The van der Waals surface area contributed by atoms with E-state index in [2.05, 4.69) is 10.3 Å². The minimum absolute atomic E-state index is 0.127. The molecule has 0 spiro atoms. The molecule has 1 fully saturated rings. The molecule has 1 aromatic carbocycles. The molecule has 4 rings (SSSR count). The smallest absolute Gasteiger partial charge is 0.419 e. The topological polar surface area (TPSA) is 67.6 Å². The second-order valence-corrected chi connectivity index (χ2v) is 7.92. The van der Waals surface area contributed by atoms with Gasteiger partial charge >= 0.3 is 6.18 Å². The van der Waals surface area contributed by atoms with Gasteiger partial charge in [-0.1, -0.05) is 12.1 Å². The summed E-state index contributed by atoms with van der Waals surface area (Å²) < 4.78 is 51.0. The molecule has 174 valence electrons. The molecule has 1 atom stereocenters. The average molecular weight is 459 g/mol. The molecular weight excluding hydrogens is 435 g/mol. The van der Waals surface area contributed by atoms with Crippen molar-refractivity contribution in [3.8, 4) is 0 Å². The Hall–Kier alpha value is -3.33. The van der Waals surface area contributed by atoms with Crippen LogP contribution in [0.5, 0.6) is 0 Å². The summed E-state index contributed by atoms with van der Waals surface area (Å²) in [5.74, 6) is -0.0698. The molecular formula is C24H24F3N3O3. The van der Waals surface area contributed by atoms with Crippen LogP contribution in [0.15, 0.2) is 65.4 Å². The van der Waals surface area contributed by atoms with Crippen molar-refractivity contribution in [1.82, 2.24) is 4.98 Å². The summed E-state index contributed by atoms with van der Waals surface area (Å²) in [6, 6.07) is 13.2. The van der Waals surface area contributed by atoms with E-state index >= 15 is 0 Å². The quantitative estimate of drug-likeness (QED) is 0.522. The molecule has 3 aromatic rings. The van der Waals surface area contributed by atoms with Crippen molar-refractivity contribution in [1.29, 1.82) is 0 Å². The van der Waals surface area contributed by atoms with Gasteiger partial charge in [0.1, 0.15) is 18.2 Å². The Balaban J connectivity index is 1.37. The highest BCUT2D eigenvalue weighted by Gasteiger charge is 2.37. The Kier molecular flexibility index (Phi) is 6.98. The molecule has 1 N–H and O–H groups in total. The predicted octanol–water partition coefficient (Wildman–Crippen LogP) is 5.27. The highest BCUT2D eigenvalue weighted by atomic mass is 19.4. The number of anilines is 2. The maximum absolute atomic E-state index is 13.4. The normalized spacial score (nSPS) is 16.6. The van der Waals surface area contributed by atoms with Crippen molar-refractivity contribution in [2.24, 2.45) is 5.92 Å². The minimum Gasteiger partial charge on any atom is -0.467 e. The van der Waals surface area contributed by atoms with Crippen molar-refractivity contribution >= 4 is 17.4 Å². The number of piperidine rings is 1. The lowest BCUT2D eigenvalue weighted by Gasteiger charge is -2.34. The first-order chi connectivity index (χ1) is 15.9. The zero-order valence-corrected chi connectivity index (χ0v) is 17.8. The van der Waals surface area contributed by atoms with E-state index in [-0.39, 0.29) is 18.3 Å². The maximum atomic E-state index is 13.4. The third-order valence-electron chi connectivity index (χ3n) is 5.47. The number of aromatic nitrogens is 1. The largest absolute Gasteiger partial charge is 0.467 e. The van der Waals surface area contributed by atoms with E-state index in [1.54, 1.807) is 23.3 Å². The molecule has 2 aromatic heterocycles. The lowest BCUT2D eigenvalue weighted by atomic mass is 9.96. The number of halogens is 3. The number of benzene rings is 1. The lowest BCUT2D eigenvalue weighted by molar-refractivity contribution is -0.137. The van der Waals surface area contributed by atoms with Crippen molar-refractivity contribution < 1.29 is 27.1 Å². The molecule has 0 saturated carbocycles.